The Morgan fingerprint density at radius 3 is 1.90 bits per heavy atom. The molecular formula is C21H20F2N4OS. The number of aromatic nitrogens is 2. The van der Waals surface area contributed by atoms with Gasteiger partial charge in [-0.3, -0.25) is 9.69 Å². The van der Waals surface area contributed by atoms with E-state index in [2.05, 4.69) is 14.5 Å². The summed E-state index contributed by atoms with van der Waals surface area (Å²) in [4.78, 5) is 17.4. The lowest BCUT2D eigenvalue weighted by Crippen LogP contribution is -2.49. The molecule has 1 amide bonds. The predicted molar refractivity (Wildman–Crippen MR) is 107 cm³/mol. The maximum atomic E-state index is 13.4. The van der Waals surface area contributed by atoms with Gasteiger partial charge in [-0.15, -0.1) is 5.10 Å². The molecular weight excluding hydrogens is 394 g/mol. The summed E-state index contributed by atoms with van der Waals surface area (Å²) in [6, 6.07) is 12.6. The zero-order chi connectivity index (χ0) is 20.4. The first-order valence-electron chi connectivity index (χ1n) is 9.36. The fourth-order valence-electron chi connectivity index (χ4n) is 3.66. The van der Waals surface area contributed by atoms with Gasteiger partial charge in [0.1, 0.15) is 16.5 Å². The van der Waals surface area contributed by atoms with Crippen LogP contribution in [0.4, 0.5) is 8.78 Å². The van der Waals surface area contributed by atoms with E-state index in [9.17, 15) is 13.6 Å². The molecule has 0 radical (unpaired) electrons. The number of aryl methyl sites for hydroxylation is 1. The molecule has 0 saturated carbocycles. The topological polar surface area (TPSA) is 49.3 Å². The number of halogens is 2. The number of piperazine rings is 1. The lowest BCUT2D eigenvalue weighted by atomic mass is 9.96. The molecule has 5 nitrogen and oxygen atoms in total. The number of carbonyl (C=O) groups is 1. The molecule has 0 unspecified atom stereocenters. The molecule has 4 rings (SSSR count). The van der Waals surface area contributed by atoms with Crippen molar-refractivity contribution < 1.29 is 13.6 Å². The SMILES string of the molecule is Cc1nnsc1C(=O)N1CCN(C(c2ccc(F)cc2)c2ccc(F)cc2)CC1. The molecule has 29 heavy (non-hydrogen) atoms. The first kappa shape index (κ1) is 19.6. The molecule has 8 heteroatoms. The zero-order valence-corrected chi connectivity index (χ0v) is 16.7. The van der Waals surface area contributed by atoms with Gasteiger partial charge in [0.2, 0.25) is 0 Å². The highest BCUT2D eigenvalue weighted by atomic mass is 32.1. The van der Waals surface area contributed by atoms with Crippen LogP contribution in [0.2, 0.25) is 0 Å². The number of carbonyl (C=O) groups excluding carboxylic acids is 1. The van der Waals surface area contributed by atoms with Crippen molar-refractivity contribution in [2.75, 3.05) is 26.2 Å². The number of amides is 1. The van der Waals surface area contributed by atoms with Crippen molar-refractivity contribution in [1.29, 1.82) is 0 Å². The molecule has 0 bridgehead atoms. The highest BCUT2D eigenvalue weighted by Gasteiger charge is 2.30. The standard InChI is InChI=1S/C21H20F2N4OS/c1-14-20(29-25-24-14)21(28)27-12-10-26(11-13-27)19(15-2-6-17(22)7-3-15)16-4-8-18(23)9-5-16/h2-9,19H,10-13H2,1H3. The maximum Gasteiger partial charge on any atom is 0.267 e. The molecule has 1 aromatic heterocycles. The van der Waals surface area contributed by atoms with Gasteiger partial charge in [0, 0.05) is 26.2 Å². The largest absolute Gasteiger partial charge is 0.335 e. The van der Waals surface area contributed by atoms with Gasteiger partial charge in [-0.1, -0.05) is 28.8 Å². The van der Waals surface area contributed by atoms with E-state index in [1.165, 1.54) is 24.3 Å². The summed E-state index contributed by atoms with van der Waals surface area (Å²) in [5.41, 5.74) is 2.51. The average molecular weight is 414 g/mol. The highest BCUT2D eigenvalue weighted by molar-refractivity contribution is 7.07. The van der Waals surface area contributed by atoms with E-state index in [0.29, 0.717) is 36.8 Å². The van der Waals surface area contributed by atoms with Crippen LogP contribution in [-0.4, -0.2) is 51.5 Å². The second-order valence-electron chi connectivity index (χ2n) is 7.02. The third kappa shape index (κ3) is 4.18. The van der Waals surface area contributed by atoms with E-state index in [-0.39, 0.29) is 23.6 Å². The van der Waals surface area contributed by atoms with Crippen LogP contribution in [0.3, 0.4) is 0 Å². The Balaban J connectivity index is 1.55. The van der Waals surface area contributed by atoms with Gasteiger partial charge in [-0.25, -0.2) is 8.78 Å². The molecule has 1 fully saturated rings. The van der Waals surface area contributed by atoms with Crippen molar-refractivity contribution in [3.63, 3.8) is 0 Å². The fourth-order valence-corrected chi connectivity index (χ4v) is 4.28. The third-order valence-electron chi connectivity index (χ3n) is 5.18. The van der Waals surface area contributed by atoms with Gasteiger partial charge < -0.3 is 4.90 Å². The quantitative estimate of drug-likeness (QED) is 0.654. The number of rotatable bonds is 4. The summed E-state index contributed by atoms with van der Waals surface area (Å²) >= 11 is 1.12. The van der Waals surface area contributed by atoms with Gasteiger partial charge in [-0.2, -0.15) is 0 Å². The Labute approximate surface area is 171 Å². The molecule has 150 valence electrons. The van der Waals surface area contributed by atoms with Gasteiger partial charge >= 0.3 is 0 Å². The molecule has 1 saturated heterocycles. The lowest BCUT2D eigenvalue weighted by Gasteiger charge is -2.39. The minimum Gasteiger partial charge on any atom is -0.335 e. The molecule has 0 N–H and O–H groups in total. The van der Waals surface area contributed by atoms with E-state index in [4.69, 9.17) is 0 Å². The summed E-state index contributed by atoms with van der Waals surface area (Å²) in [6.45, 7) is 4.21. The number of nitrogens with zero attached hydrogens (tertiary/aromatic N) is 4. The molecule has 0 aliphatic carbocycles. The fraction of sp³-hybridized carbons (Fsp3) is 0.286. The van der Waals surface area contributed by atoms with Crippen molar-refractivity contribution >= 4 is 17.4 Å². The molecule has 0 spiro atoms. The number of benzene rings is 2. The van der Waals surface area contributed by atoms with Crippen LogP contribution < -0.4 is 0 Å². The Morgan fingerprint density at radius 1 is 0.931 bits per heavy atom. The van der Waals surface area contributed by atoms with Crippen LogP contribution in [0, 0.1) is 18.6 Å². The summed E-state index contributed by atoms with van der Waals surface area (Å²) in [5.74, 6) is -0.636. The Kier molecular flexibility index (Phi) is 5.64. The van der Waals surface area contributed by atoms with Crippen molar-refractivity contribution in [3.8, 4) is 0 Å². The Bertz CT molecular complexity index is 937. The second-order valence-corrected chi connectivity index (χ2v) is 7.78. The molecule has 2 aromatic carbocycles. The molecule has 0 atom stereocenters. The maximum absolute atomic E-state index is 13.4. The van der Waals surface area contributed by atoms with Crippen molar-refractivity contribution in [2.45, 2.75) is 13.0 Å². The Morgan fingerprint density at radius 2 is 1.45 bits per heavy atom. The zero-order valence-electron chi connectivity index (χ0n) is 15.9. The summed E-state index contributed by atoms with van der Waals surface area (Å²) in [5, 5.41) is 3.92. The summed E-state index contributed by atoms with van der Waals surface area (Å²) < 4.78 is 30.7. The normalized spacial score (nSPS) is 15.1. The van der Waals surface area contributed by atoms with E-state index in [1.54, 1.807) is 31.2 Å². The monoisotopic (exact) mass is 414 g/mol. The predicted octanol–water partition coefficient (Wildman–Crippen LogP) is 3.67. The van der Waals surface area contributed by atoms with Crippen molar-refractivity contribution in [1.82, 2.24) is 19.4 Å². The van der Waals surface area contributed by atoms with Gasteiger partial charge in [-0.05, 0) is 53.8 Å². The minimum atomic E-state index is -0.296. The van der Waals surface area contributed by atoms with E-state index < -0.39 is 0 Å². The first-order chi connectivity index (χ1) is 14.0. The molecule has 2 heterocycles. The highest BCUT2D eigenvalue weighted by Crippen LogP contribution is 2.30. The minimum absolute atomic E-state index is 0.0442. The number of hydrogen-bond donors (Lipinski definition) is 0. The van der Waals surface area contributed by atoms with E-state index >= 15 is 0 Å². The van der Waals surface area contributed by atoms with E-state index in [0.717, 1.165) is 22.7 Å². The third-order valence-corrected chi connectivity index (χ3v) is 6.00. The van der Waals surface area contributed by atoms with Crippen LogP contribution >= 0.6 is 11.5 Å². The summed E-state index contributed by atoms with van der Waals surface area (Å²) in [7, 11) is 0. The smallest absolute Gasteiger partial charge is 0.267 e. The Hall–Kier alpha value is -2.71. The van der Waals surface area contributed by atoms with Gasteiger partial charge in [0.25, 0.3) is 5.91 Å². The number of hydrogen-bond acceptors (Lipinski definition) is 5. The molecule has 1 aliphatic heterocycles. The lowest BCUT2D eigenvalue weighted by molar-refractivity contribution is 0.0601. The van der Waals surface area contributed by atoms with Crippen LogP contribution in [-0.2, 0) is 0 Å². The van der Waals surface area contributed by atoms with Crippen LogP contribution in [0.1, 0.15) is 32.5 Å². The van der Waals surface area contributed by atoms with Crippen LogP contribution in [0.15, 0.2) is 48.5 Å². The molecule has 1 aliphatic rings. The van der Waals surface area contributed by atoms with Crippen LogP contribution in [0.5, 0.6) is 0 Å². The second kappa shape index (κ2) is 8.34. The average Bonchev–Trinajstić information content (AvgIpc) is 3.17. The summed E-state index contributed by atoms with van der Waals surface area (Å²) in [6.07, 6.45) is 0. The van der Waals surface area contributed by atoms with Gasteiger partial charge in [0.05, 0.1) is 11.7 Å². The van der Waals surface area contributed by atoms with Crippen molar-refractivity contribution in [2.24, 2.45) is 0 Å². The van der Waals surface area contributed by atoms with E-state index in [1.807, 2.05) is 4.90 Å². The van der Waals surface area contributed by atoms with Crippen LogP contribution in [0.25, 0.3) is 0 Å². The van der Waals surface area contributed by atoms with Gasteiger partial charge in [0.15, 0.2) is 0 Å². The molecule has 3 aromatic rings. The van der Waals surface area contributed by atoms with Crippen molar-refractivity contribution in [3.05, 3.63) is 81.9 Å². The first-order valence-corrected chi connectivity index (χ1v) is 10.1.